The molecule has 0 saturated carbocycles. The summed E-state index contributed by atoms with van der Waals surface area (Å²) < 4.78 is 5.21. The van der Waals surface area contributed by atoms with E-state index in [9.17, 15) is 9.90 Å². The van der Waals surface area contributed by atoms with E-state index in [0.717, 1.165) is 0 Å². The van der Waals surface area contributed by atoms with Crippen molar-refractivity contribution in [3.05, 3.63) is 47.0 Å². The average Bonchev–Trinajstić information content (AvgIpc) is 2.93. The molecule has 0 spiro atoms. The molecule has 2 aliphatic rings. The van der Waals surface area contributed by atoms with Crippen LogP contribution in [0.5, 0.6) is 11.5 Å². The van der Waals surface area contributed by atoms with Crippen LogP contribution in [0.4, 0.5) is 29.2 Å². The number of amides is 1. The van der Waals surface area contributed by atoms with Gasteiger partial charge in [0.25, 0.3) is 5.91 Å². The first-order chi connectivity index (χ1) is 20.1. The van der Waals surface area contributed by atoms with Crippen LogP contribution in [0.2, 0.25) is 5.02 Å². The van der Waals surface area contributed by atoms with E-state index in [1.54, 1.807) is 30.3 Å². The number of phenolic OH excluding ortho intramolecular Hbond substituents is 1. The van der Waals surface area contributed by atoms with Gasteiger partial charge in [-0.2, -0.15) is 15.0 Å². The maximum atomic E-state index is 12.9. The smallest absolute Gasteiger partial charge is 0.263 e. The predicted octanol–water partition coefficient (Wildman–Crippen LogP) is 0.965. The minimum absolute atomic E-state index is 0.00203. The van der Waals surface area contributed by atoms with Crippen LogP contribution < -0.4 is 48.1 Å². The number of nitrogens with zero attached hydrogens (tertiary/aromatic N) is 5. The van der Waals surface area contributed by atoms with E-state index in [1.807, 2.05) is 9.80 Å². The Balaban J connectivity index is 1.40. The summed E-state index contributed by atoms with van der Waals surface area (Å²) in [6, 6.07) is 9.10. The molecule has 3 aromatic rings. The van der Waals surface area contributed by atoms with Gasteiger partial charge in [0, 0.05) is 56.0 Å². The molecule has 5 rings (SSSR count). The zero-order chi connectivity index (χ0) is 30.0. The lowest BCUT2D eigenvalue weighted by Gasteiger charge is -2.37. The van der Waals surface area contributed by atoms with Crippen molar-refractivity contribution < 1.29 is 14.6 Å². The Labute approximate surface area is 248 Å². The number of benzene rings is 2. The van der Waals surface area contributed by atoms with Crippen LogP contribution in [-0.4, -0.2) is 83.4 Å². The Bertz CT molecular complexity index is 1380. The lowest BCUT2D eigenvalue weighted by atomic mass is 10.0. The van der Waals surface area contributed by atoms with Crippen molar-refractivity contribution in [3.8, 4) is 11.5 Å². The maximum absolute atomic E-state index is 12.9. The topological polar surface area (TPSA) is 220 Å². The zero-order valence-electron chi connectivity index (χ0n) is 23.2. The third kappa shape index (κ3) is 6.74. The van der Waals surface area contributed by atoms with Gasteiger partial charge in [0.1, 0.15) is 17.1 Å². The van der Waals surface area contributed by atoms with Crippen LogP contribution in [0.1, 0.15) is 23.2 Å². The summed E-state index contributed by atoms with van der Waals surface area (Å²) in [5.41, 5.74) is 25.9. The molecule has 3 heterocycles. The summed E-state index contributed by atoms with van der Waals surface area (Å²) in [5, 5.41) is 16.4. The molecule has 42 heavy (non-hydrogen) atoms. The molecule has 4 atom stereocenters. The number of halogens is 1. The number of anilines is 5. The summed E-state index contributed by atoms with van der Waals surface area (Å²) >= 11 is 6.54. The molecule has 14 nitrogen and oxygen atoms in total. The molecule has 11 N–H and O–H groups in total. The van der Waals surface area contributed by atoms with Crippen molar-refractivity contribution in [2.75, 3.05) is 53.7 Å². The van der Waals surface area contributed by atoms with E-state index >= 15 is 0 Å². The molecule has 2 fully saturated rings. The fourth-order valence-electron chi connectivity index (χ4n) is 5.30. The maximum Gasteiger partial charge on any atom is 0.263 e. The van der Waals surface area contributed by atoms with Crippen molar-refractivity contribution in [1.82, 2.24) is 15.0 Å². The van der Waals surface area contributed by atoms with Gasteiger partial charge >= 0.3 is 0 Å². The number of ether oxygens (including phenoxy) is 1. The number of aromatic hydroxyl groups is 1. The Morgan fingerprint density at radius 2 is 1.50 bits per heavy atom. The van der Waals surface area contributed by atoms with Gasteiger partial charge in [0.15, 0.2) is 0 Å². The highest BCUT2D eigenvalue weighted by Gasteiger charge is 2.29. The van der Waals surface area contributed by atoms with Crippen LogP contribution in [0.25, 0.3) is 0 Å². The van der Waals surface area contributed by atoms with Crippen molar-refractivity contribution in [2.45, 2.75) is 37.0 Å². The third-order valence-electron chi connectivity index (χ3n) is 7.13. The van der Waals surface area contributed by atoms with Crippen molar-refractivity contribution in [3.63, 3.8) is 0 Å². The SMILES string of the molecule is COc1cccc(O)c1C(=O)Nc1ccc(Nc2nc(N3CC(N)CC(N)C3)nc(N3CC(N)CC(N)C3)n2)cc1Cl. The Hall–Kier alpha value is -3.95. The molecule has 0 bridgehead atoms. The van der Waals surface area contributed by atoms with E-state index < -0.39 is 5.91 Å². The molecule has 15 heteroatoms. The lowest BCUT2D eigenvalue weighted by Crippen LogP contribution is -2.54. The van der Waals surface area contributed by atoms with Gasteiger partial charge in [0.2, 0.25) is 17.8 Å². The lowest BCUT2D eigenvalue weighted by molar-refractivity contribution is 0.102. The summed E-state index contributed by atoms with van der Waals surface area (Å²) in [6.07, 6.45) is 1.43. The van der Waals surface area contributed by atoms with E-state index in [-0.39, 0.29) is 52.2 Å². The second-order valence-electron chi connectivity index (χ2n) is 10.7. The normalized spacial score (nSPS) is 22.5. The number of phenols is 1. The minimum Gasteiger partial charge on any atom is -0.507 e. The number of hydrogen-bond acceptors (Lipinski definition) is 13. The van der Waals surface area contributed by atoms with E-state index in [4.69, 9.17) is 44.3 Å². The summed E-state index contributed by atoms with van der Waals surface area (Å²) in [6.45, 7) is 2.21. The van der Waals surface area contributed by atoms with Gasteiger partial charge in [-0.15, -0.1) is 0 Å². The highest BCUT2D eigenvalue weighted by atomic mass is 35.5. The molecular formula is C27H36ClN11O3. The highest BCUT2D eigenvalue weighted by Crippen LogP contribution is 2.32. The van der Waals surface area contributed by atoms with Gasteiger partial charge in [-0.3, -0.25) is 4.79 Å². The van der Waals surface area contributed by atoms with Gasteiger partial charge in [-0.05, 0) is 43.2 Å². The third-order valence-corrected chi connectivity index (χ3v) is 7.45. The molecule has 1 amide bonds. The van der Waals surface area contributed by atoms with Crippen molar-refractivity contribution in [1.29, 1.82) is 0 Å². The summed E-state index contributed by atoms with van der Waals surface area (Å²) in [7, 11) is 1.42. The predicted molar refractivity (Wildman–Crippen MR) is 163 cm³/mol. The number of nitrogens with one attached hydrogen (secondary N) is 2. The standard InChI is InChI=1S/C27H36ClN11O3/c1-42-22-4-2-3-21(40)23(22)24(41)34-20-6-5-18(9-19(20)28)33-25-35-26(38-10-14(29)7-15(30)11-38)37-27(36-25)39-12-16(31)8-17(32)13-39/h2-6,9,14-17,40H,7-8,10-13,29-32H2,1H3,(H,34,41)(H,33,35,36,37). The van der Waals surface area contributed by atoms with Crippen LogP contribution in [0, 0.1) is 0 Å². The van der Waals surface area contributed by atoms with E-state index in [2.05, 4.69) is 20.6 Å². The number of piperidine rings is 2. The number of nitrogens with two attached hydrogens (primary N) is 4. The molecular weight excluding hydrogens is 562 g/mol. The minimum atomic E-state index is -0.574. The molecule has 4 unspecified atom stereocenters. The molecule has 2 saturated heterocycles. The van der Waals surface area contributed by atoms with Crippen LogP contribution in [-0.2, 0) is 0 Å². The Kier molecular flexibility index (Phi) is 8.80. The Morgan fingerprint density at radius 3 is 2.02 bits per heavy atom. The first-order valence-electron chi connectivity index (χ1n) is 13.6. The van der Waals surface area contributed by atoms with Crippen LogP contribution in [0.3, 0.4) is 0 Å². The van der Waals surface area contributed by atoms with Gasteiger partial charge in [-0.25, -0.2) is 0 Å². The number of carbonyl (C=O) groups is 1. The number of carbonyl (C=O) groups excluding carboxylic acids is 1. The highest BCUT2D eigenvalue weighted by molar-refractivity contribution is 6.34. The first kappa shape index (κ1) is 29.5. The van der Waals surface area contributed by atoms with Crippen molar-refractivity contribution >= 4 is 46.7 Å². The van der Waals surface area contributed by atoms with E-state index in [1.165, 1.54) is 13.2 Å². The monoisotopic (exact) mass is 597 g/mol. The Morgan fingerprint density at radius 1 is 0.929 bits per heavy atom. The molecule has 2 aromatic carbocycles. The van der Waals surface area contributed by atoms with Crippen LogP contribution >= 0.6 is 11.6 Å². The quantitative estimate of drug-likeness (QED) is 0.202. The summed E-state index contributed by atoms with van der Waals surface area (Å²) in [5.74, 6) is 0.598. The second-order valence-corrected chi connectivity index (χ2v) is 11.1. The van der Waals surface area contributed by atoms with Crippen LogP contribution in [0.15, 0.2) is 36.4 Å². The number of hydrogen-bond donors (Lipinski definition) is 7. The fourth-order valence-corrected chi connectivity index (χ4v) is 5.53. The first-order valence-corrected chi connectivity index (χ1v) is 14.0. The molecule has 2 aliphatic heterocycles. The second kappa shape index (κ2) is 12.5. The van der Waals surface area contributed by atoms with Gasteiger partial charge in [0.05, 0.1) is 17.8 Å². The zero-order valence-corrected chi connectivity index (χ0v) is 24.0. The number of methoxy groups -OCH3 is 1. The molecule has 224 valence electrons. The fraction of sp³-hybridized carbons (Fsp3) is 0.407. The van der Waals surface area contributed by atoms with E-state index in [0.29, 0.717) is 62.3 Å². The summed E-state index contributed by atoms with van der Waals surface area (Å²) in [4.78, 5) is 30.9. The molecule has 0 radical (unpaired) electrons. The van der Waals surface area contributed by atoms with Gasteiger partial charge < -0.3 is 53.2 Å². The molecule has 1 aromatic heterocycles. The average molecular weight is 598 g/mol. The van der Waals surface area contributed by atoms with Crippen molar-refractivity contribution in [2.24, 2.45) is 22.9 Å². The largest absolute Gasteiger partial charge is 0.507 e. The molecule has 0 aliphatic carbocycles. The number of aromatic nitrogens is 3. The van der Waals surface area contributed by atoms with Gasteiger partial charge in [-0.1, -0.05) is 17.7 Å². The number of rotatable bonds is 7.